The Labute approximate surface area is 204 Å². The first kappa shape index (κ1) is 32.3. The maximum Gasteiger partial charge on any atom is 0.314 e. The molecule has 0 aromatic rings. The second-order valence-corrected chi connectivity index (χ2v) is 8.06. The number of unbranched alkanes of at least 4 members (excludes halogenated alkanes) is 3. The van der Waals surface area contributed by atoms with Gasteiger partial charge in [-0.2, -0.15) is 0 Å². The maximum atomic E-state index is 11.8. The zero-order valence-corrected chi connectivity index (χ0v) is 20.6. The molecule has 34 heavy (non-hydrogen) atoms. The number of amides is 4. The molecule has 0 saturated carbocycles. The van der Waals surface area contributed by atoms with Crippen molar-refractivity contribution in [3.05, 3.63) is 0 Å². The van der Waals surface area contributed by atoms with E-state index in [1.807, 2.05) is 9.80 Å². The number of rotatable bonds is 23. The fourth-order valence-electron chi connectivity index (χ4n) is 3.38. The minimum absolute atomic E-state index is 0.0512. The number of nitrogens with one attached hydrogen (secondary N) is 4. The van der Waals surface area contributed by atoms with Gasteiger partial charge in [0.1, 0.15) is 0 Å². The molecule has 8 N–H and O–H groups in total. The molecule has 0 fully saturated rings. The lowest BCUT2D eigenvalue weighted by Gasteiger charge is -2.19. The zero-order valence-electron chi connectivity index (χ0n) is 20.6. The summed E-state index contributed by atoms with van der Waals surface area (Å²) in [6, 6.07) is -0.380. The van der Waals surface area contributed by atoms with E-state index in [-0.39, 0.29) is 38.5 Å². The van der Waals surface area contributed by atoms with Crippen LogP contribution in [0.25, 0.3) is 0 Å². The summed E-state index contributed by atoms with van der Waals surface area (Å²) in [6.45, 7) is 5.98. The van der Waals surface area contributed by atoms with Crippen molar-refractivity contribution in [2.24, 2.45) is 0 Å². The molecule has 0 aliphatic heterocycles. The second kappa shape index (κ2) is 24.4. The van der Waals surface area contributed by atoms with Gasteiger partial charge in [0.25, 0.3) is 0 Å². The van der Waals surface area contributed by atoms with E-state index in [4.69, 9.17) is 20.4 Å². The quantitative estimate of drug-likeness (QED) is 0.0797. The molecule has 202 valence electrons. The number of aliphatic hydroxyl groups excluding tert-OH is 4. The van der Waals surface area contributed by atoms with Crippen LogP contribution in [0.3, 0.4) is 0 Å². The van der Waals surface area contributed by atoms with E-state index < -0.39 is 0 Å². The van der Waals surface area contributed by atoms with Crippen molar-refractivity contribution in [2.45, 2.75) is 38.5 Å². The van der Waals surface area contributed by atoms with E-state index in [1.54, 1.807) is 0 Å². The Hall–Kier alpha value is -1.70. The molecular formula is C22H48N6O6. The van der Waals surface area contributed by atoms with Gasteiger partial charge in [0.2, 0.25) is 0 Å². The Balaban J connectivity index is 3.51. The summed E-state index contributed by atoms with van der Waals surface area (Å²) in [7, 11) is 0. The number of hydrogen-bond donors (Lipinski definition) is 8. The first-order chi connectivity index (χ1) is 16.6. The predicted octanol–water partition coefficient (Wildman–Crippen LogP) is -1.50. The van der Waals surface area contributed by atoms with Crippen LogP contribution < -0.4 is 21.3 Å². The Kier molecular flexibility index (Phi) is 23.2. The Morgan fingerprint density at radius 3 is 1.03 bits per heavy atom. The lowest BCUT2D eigenvalue weighted by molar-refractivity contribution is 0.159. The summed E-state index contributed by atoms with van der Waals surface area (Å²) in [5, 5.41) is 47.1. The highest BCUT2D eigenvalue weighted by Gasteiger charge is 2.05. The molecule has 4 amide bonds. The van der Waals surface area contributed by atoms with Gasteiger partial charge >= 0.3 is 12.1 Å². The van der Waals surface area contributed by atoms with Crippen molar-refractivity contribution in [1.29, 1.82) is 0 Å². The lowest BCUT2D eigenvalue weighted by Crippen LogP contribution is -2.38. The summed E-state index contributed by atoms with van der Waals surface area (Å²) < 4.78 is 0. The Morgan fingerprint density at radius 2 is 0.735 bits per heavy atom. The van der Waals surface area contributed by atoms with Gasteiger partial charge < -0.3 is 41.7 Å². The van der Waals surface area contributed by atoms with Crippen molar-refractivity contribution < 1.29 is 30.0 Å². The van der Waals surface area contributed by atoms with E-state index in [0.29, 0.717) is 65.4 Å². The summed E-state index contributed by atoms with van der Waals surface area (Å²) in [4.78, 5) is 27.4. The molecule has 0 heterocycles. The first-order valence-corrected chi connectivity index (χ1v) is 12.5. The molecule has 0 aliphatic rings. The standard InChI is InChI=1S/C22H48N6O6/c29-17-13-27(14-18-30)11-5-9-25-21(33)23-7-3-1-2-4-8-24-22(34)26-10-6-12-28(15-19-31)16-20-32/h29-32H,1-20H2,(H2,23,25,33)(H2,24,26,34). The van der Waals surface area contributed by atoms with Gasteiger partial charge in [-0.25, -0.2) is 9.59 Å². The van der Waals surface area contributed by atoms with E-state index in [0.717, 1.165) is 38.5 Å². The number of urea groups is 2. The van der Waals surface area contributed by atoms with Gasteiger partial charge in [-0.15, -0.1) is 0 Å². The van der Waals surface area contributed by atoms with E-state index >= 15 is 0 Å². The third-order valence-corrected chi connectivity index (χ3v) is 5.21. The fourth-order valence-corrected chi connectivity index (χ4v) is 3.38. The van der Waals surface area contributed by atoms with Crippen molar-refractivity contribution in [3.8, 4) is 0 Å². The van der Waals surface area contributed by atoms with Crippen molar-refractivity contribution in [2.75, 3.05) is 91.9 Å². The Morgan fingerprint density at radius 1 is 0.441 bits per heavy atom. The molecule has 0 rings (SSSR count). The highest BCUT2D eigenvalue weighted by Crippen LogP contribution is 1.98. The first-order valence-electron chi connectivity index (χ1n) is 12.5. The molecule has 0 saturated heterocycles. The molecular weight excluding hydrogens is 444 g/mol. The number of carbonyl (C=O) groups excluding carboxylic acids is 2. The smallest absolute Gasteiger partial charge is 0.314 e. The minimum atomic E-state index is -0.190. The third-order valence-electron chi connectivity index (χ3n) is 5.21. The minimum Gasteiger partial charge on any atom is -0.395 e. The van der Waals surface area contributed by atoms with Gasteiger partial charge in [-0.05, 0) is 38.8 Å². The summed E-state index contributed by atoms with van der Waals surface area (Å²) >= 11 is 0. The van der Waals surface area contributed by atoms with Crippen LogP contribution in [0.1, 0.15) is 38.5 Å². The van der Waals surface area contributed by atoms with Crippen LogP contribution in [-0.4, -0.2) is 134 Å². The molecule has 0 unspecified atom stereocenters. The van der Waals surface area contributed by atoms with Crippen LogP contribution in [0, 0.1) is 0 Å². The van der Waals surface area contributed by atoms with Crippen LogP contribution in [0.5, 0.6) is 0 Å². The van der Waals surface area contributed by atoms with Crippen LogP contribution in [0.4, 0.5) is 9.59 Å². The zero-order chi connectivity index (χ0) is 25.3. The summed E-state index contributed by atoms with van der Waals surface area (Å²) in [5.41, 5.74) is 0. The predicted molar refractivity (Wildman–Crippen MR) is 132 cm³/mol. The third kappa shape index (κ3) is 20.9. The van der Waals surface area contributed by atoms with E-state index in [1.165, 1.54) is 0 Å². The molecule has 0 radical (unpaired) electrons. The monoisotopic (exact) mass is 492 g/mol. The van der Waals surface area contributed by atoms with Crippen molar-refractivity contribution in [1.82, 2.24) is 31.1 Å². The molecule has 0 spiro atoms. The van der Waals surface area contributed by atoms with Gasteiger partial charge in [-0.1, -0.05) is 12.8 Å². The molecule has 0 bridgehead atoms. The van der Waals surface area contributed by atoms with Gasteiger partial charge in [0.15, 0.2) is 0 Å². The van der Waals surface area contributed by atoms with Crippen LogP contribution in [0.2, 0.25) is 0 Å². The maximum absolute atomic E-state index is 11.8. The number of nitrogens with zero attached hydrogens (tertiary/aromatic N) is 2. The molecule has 0 aromatic heterocycles. The number of carbonyl (C=O) groups is 2. The normalized spacial score (nSPS) is 11.1. The molecule has 0 atom stereocenters. The molecule has 12 nitrogen and oxygen atoms in total. The van der Waals surface area contributed by atoms with Crippen LogP contribution >= 0.6 is 0 Å². The van der Waals surface area contributed by atoms with Gasteiger partial charge in [-0.3, -0.25) is 9.80 Å². The molecule has 12 heteroatoms. The molecule has 0 aliphatic carbocycles. The molecule has 0 aromatic carbocycles. The summed E-state index contributed by atoms with van der Waals surface area (Å²) in [6.07, 6.45) is 5.18. The number of hydrogen-bond acceptors (Lipinski definition) is 8. The van der Waals surface area contributed by atoms with Gasteiger partial charge in [0.05, 0.1) is 26.4 Å². The highest BCUT2D eigenvalue weighted by atomic mass is 16.3. The summed E-state index contributed by atoms with van der Waals surface area (Å²) in [5.74, 6) is 0. The van der Waals surface area contributed by atoms with Crippen LogP contribution in [0.15, 0.2) is 0 Å². The second-order valence-electron chi connectivity index (χ2n) is 8.06. The van der Waals surface area contributed by atoms with Crippen LogP contribution in [-0.2, 0) is 0 Å². The average Bonchev–Trinajstić information content (AvgIpc) is 2.81. The topological polar surface area (TPSA) is 170 Å². The Bertz CT molecular complexity index is 435. The largest absolute Gasteiger partial charge is 0.395 e. The van der Waals surface area contributed by atoms with Gasteiger partial charge in [0, 0.05) is 52.4 Å². The van der Waals surface area contributed by atoms with Crippen molar-refractivity contribution in [3.63, 3.8) is 0 Å². The lowest BCUT2D eigenvalue weighted by atomic mass is 10.2. The number of aliphatic hydroxyl groups is 4. The van der Waals surface area contributed by atoms with E-state index in [9.17, 15) is 9.59 Å². The SMILES string of the molecule is O=C(NCCCCCCNC(=O)NCCCN(CCO)CCO)NCCCN(CCO)CCO. The van der Waals surface area contributed by atoms with Crippen molar-refractivity contribution >= 4 is 12.1 Å². The highest BCUT2D eigenvalue weighted by molar-refractivity contribution is 5.74. The van der Waals surface area contributed by atoms with E-state index in [2.05, 4.69) is 21.3 Å². The fraction of sp³-hybridized carbons (Fsp3) is 0.909. The average molecular weight is 493 g/mol.